The Balaban J connectivity index is 1.28. The van der Waals surface area contributed by atoms with Crippen molar-refractivity contribution in [1.29, 1.82) is 0 Å². The average Bonchev–Trinajstić information content (AvgIpc) is 2.76. The number of carbonyl (C=O) groups excluding carboxylic acids is 1. The molecule has 0 bridgehead atoms. The van der Waals surface area contributed by atoms with Gasteiger partial charge in [-0.15, -0.1) is 0 Å². The molecule has 0 saturated carbocycles. The standard InChI is InChI=1S/C25H23NO3/c1-18(29-24-12-6-10-20-8-4-5-11-23(20)24)25(27)26-15-16-28-22-14-13-19-7-2-3-9-21(19)17-22/h2-14,17-18H,15-16H2,1H3,(H,26,27). The highest BCUT2D eigenvalue weighted by atomic mass is 16.5. The van der Waals surface area contributed by atoms with Gasteiger partial charge in [-0.3, -0.25) is 4.79 Å². The summed E-state index contributed by atoms with van der Waals surface area (Å²) in [5.41, 5.74) is 0. The van der Waals surface area contributed by atoms with Gasteiger partial charge in [0.05, 0.1) is 6.54 Å². The van der Waals surface area contributed by atoms with Crippen LogP contribution in [-0.2, 0) is 4.79 Å². The number of rotatable bonds is 7. The number of hydrogen-bond donors (Lipinski definition) is 1. The van der Waals surface area contributed by atoms with Crippen molar-refractivity contribution < 1.29 is 14.3 Å². The van der Waals surface area contributed by atoms with Gasteiger partial charge in [-0.25, -0.2) is 0 Å². The molecule has 0 aliphatic rings. The molecule has 0 spiro atoms. The highest BCUT2D eigenvalue weighted by molar-refractivity contribution is 5.89. The summed E-state index contributed by atoms with van der Waals surface area (Å²) in [6.07, 6.45) is -0.596. The Labute approximate surface area is 170 Å². The molecule has 1 unspecified atom stereocenters. The SMILES string of the molecule is CC(Oc1cccc2ccccc12)C(=O)NCCOc1ccc2ccccc2c1. The molecule has 0 radical (unpaired) electrons. The summed E-state index contributed by atoms with van der Waals surface area (Å²) in [6, 6.07) is 27.9. The lowest BCUT2D eigenvalue weighted by Gasteiger charge is -2.16. The number of fused-ring (bicyclic) bond motifs is 2. The summed E-state index contributed by atoms with van der Waals surface area (Å²) < 4.78 is 11.7. The first-order chi connectivity index (χ1) is 14.2. The van der Waals surface area contributed by atoms with Crippen LogP contribution >= 0.6 is 0 Å². The number of carbonyl (C=O) groups is 1. The van der Waals surface area contributed by atoms with E-state index in [1.54, 1.807) is 6.92 Å². The minimum absolute atomic E-state index is 0.167. The van der Waals surface area contributed by atoms with E-state index in [4.69, 9.17) is 9.47 Å². The number of hydrogen-bond acceptors (Lipinski definition) is 3. The van der Waals surface area contributed by atoms with Gasteiger partial charge in [-0.05, 0) is 41.3 Å². The van der Waals surface area contributed by atoms with E-state index < -0.39 is 6.10 Å². The second-order valence-corrected chi connectivity index (χ2v) is 6.89. The van der Waals surface area contributed by atoms with E-state index in [0.717, 1.165) is 21.9 Å². The molecular weight excluding hydrogens is 362 g/mol. The van der Waals surface area contributed by atoms with Gasteiger partial charge in [-0.2, -0.15) is 0 Å². The maximum Gasteiger partial charge on any atom is 0.260 e. The van der Waals surface area contributed by atoms with Gasteiger partial charge in [-0.1, -0.05) is 66.7 Å². The minimum Gasteiger partial charge on any atom is -0.492 e. The van der Waals surface area contributed by atoms with Gasteiger partial charge in [0.2, 0.25) is 0 Å². The fourth-order valence-electron chi connectivity index (χ4n) is 3.29. The third kappa shape index (κ3) is 4.49. The molecule has 4 rings (SSSR count). The lowest BCUT2D eigenvalue weighted by Crippen LogP contribution is -2.38. The van der Waals surface area contributed by atoms with E-state index in [1.807, 2.05) is 72.8 Å². The van der Waals surface area contributed by atoms with Crippen LogP contribution in [-0.4, -0.2) is 25.2 Å². The maximum atomic E-state index is 12.4. The molecule has 1 atom stereocenters. The molecule has 1 N–H and O–H groups in total. The molecule has 0 aliphatic carbocycles. The van der Waals surface area contributed by atoms with Crippen LogP contribution in [0.15, 0.2) is 84.9 Å². The summed E-state index contributed by atoms with van der Waals surface area (Å²) in [5, 5.41) is 7.25. The van der Waals surface area contributed by atoms with Gasteiger partial charge in [0.15, 0.2) is 6.10 Å². The Kier molecular flexibility index (Phi) is 5.61. The third-order valence-electron chi connectivity index (χ3n) is 4.81. The predicted octanol–water partition coefficient (Wildman–Crippen LogP) is 4.96. The molecule has 0 aliphatic heterocycles. The summed E-state index contributed by atoms with van der Waals surface area (Å²) in [5.74, 6) is 1.33. The quantitative estimate of drug-likeness (QED) is 0.458. The molecule has 4 heteroatoms. The third-order valence-corrected chi connectivity index (χ3v) is 4.81. The zero-order valence-electron chi connectivity index (χ0n) is 16.3. The smallest absolute Gasteiger partial charge is 0.260 e. The van der Waals surface area contributed by atoms with Crippen molar-refractivity contribution in [2.24, 2.45) is 0 Å². The first kappa shape index (κ1) is 18.8. The van der Waals surface area contributed by atoms with Crippen LogP contribution in [0.25, 0.3) is 21.5 Å². The Morgan fingerprint density at radius 1 is 0.862 bits per heavy atom. The van der Waals surface area contributed by atoms with Crippen LogP contribution in [0.1, 0.15) is 6.92 Å². The van der Waals surface area contributed by atoms with Crippen molar-refractivity contribution in [2.45, 2.75) is 13.0 Å². The minimum atomic E-state index is -0.596. The number of nitrogens with one attached hydrogen (secondary N) is 1. The average molecular weight is 385 g/mol. The number of ether oxygens (including phenoxy) is 2. The van der Waals surface area contributed by atoms with Crippen LogP contribution in [0, 0.1) is 0 Å². The van der Waals surface area contributed by atoms with E-state index in [1.165, 1.54) is 5.39 Å². The van der Waals surface area contributed by atoms with E-state index in [9.17, 15) is 4.79 Å². The van der Waals surface area contributed by atoms with Crippen LogP contribution < -0.4 is 14.8 Å². The lowest BCUT2D eigenvalue weighted by atomic mass is 10.1. The molecule has 0 saturated heterocycles. The predicted molar refractivity (Wildman–Crippen MR) is 116 cm³/mol. The van der Waals surface area contributed by atoms with Gasteiger partial charge in [0.25, 0.3) is 5.91 Å². The molecule has 4 aromatic rings. The Morgan fingerprint density at radius 3 is 2.45 bits per heavy atom. The molecule has 146 valence electrons. The fraction of sp³-hybridized carbons (Fsp3) is 0.160. The van der Waals surface area contributed by atoms with Crippen LogP contribution in [0.2, 0.25) is 0 Å². The first-order valence-corrected chi connectivity index (χ1v) is 9.74. The van der Waals surface area contributed by atoms with Crippen molar-refractivity contribution in [2.75, 3.05) is 13.2 Å². The highest BCUT2D eigenvalue weighted by Gasteiger charge is 2.15. The molecule has 1 amide bonds. The van der Waals surface area contributed by atoms with E-state index in [2.05, 4.69) is 17.4 Å². The summed E-state index contributed by atoms with van der Waals surface area (Å²) in [7, 11) is 0. The summed E-state index contributed by atoms with van der Waals surface area (Å²) in [4.78, 5) is 12.4. The van der Waals surface area contributed by atoms with Crippen LogP contribution in [0.5, 0.6) is 11.5 Å². The second kappa shape index (κ2) is 8.65. The van der Waals surface area contributed by atoms with Gasteiger partial charge >= 0.3 is 0 Å². The maximum absolute atomic E-state index is 12.4. The van der Waals surface area contributed by atoms with Crippen molar-refractivity contribution in [3.05, 3.63) is 84.9 Å². The largest absolute Gasteiger partial charge is 0.492 e. The molecular formula is C25H23NO3. The Hall–Kier alpha value is -3.53. The fourth-order valence-corrected chi connectivity index (χ4v) is 3.29. The van der Waals surface area contributed by atoms with Crippen LogP contribution in [0.4, 0.5) is 0 Å². The number of amides is 1. The molecule has 29 heavy (non-hydrogen) atoms. The lowest BCUT2D eigenvalue weighted by molar-refractivity contribution is -0.127. The topological polar surface area (TPSA) is 47.6 Å². The Bertz CT molecular complexity index is 1130. The molecule has 0 aromatic heterocycles. The van der Waals surface area contributed by atoms with Crippen molar-refractivity contribution in [3.8, 4) is 11.5 Å². The van der Waals surface area contributed by atoms with Crippen molar-refractivity contribution in [1.82, 2.24) is 5.32 Å². The zero-order chi connectivity index (χ0) is 20.1. The van der Waals surface area contributed by atoms with Gasteiger partial charge < -0.3 is 14.8 Å². The molecule has 0 heterocycles. The second-order valence-electron chi connectivity index (χ2n) is 6.89. The molecule has 4 nitrogen and oxygen atoms in total. The number of benzene rings is 4. The highest BCUT2D eigenvalue weighted by Crippen LogP contribution is 2.26. The van der Waals surface area contributed by atoms with Crippen molar-refractivity contribution >= 4 is 27.5 Å². The monoisotopic (exact) mass is 385 g/mol. The van der Waals surface area contributed by atoms with Crippen molar-refractivity contribution in [3.63, 3.8) is 0 Å². The Morgan fingerprint density at radius 2 is 1.59 bits per heavy atom. The first-order valence-electron chi connectivity index (χ1n) is 9.74. The van der Waals surface area contributed by atoms with E-state index in [0.29, 0.717) is 18.9 Å². The summed E-state index contributed by atoms with van der Waals surface area (Å²) >= 11 is 0. The van der Waals surface area contributed by atoms with Gasteiger partial charge in [0.1, 0.15) is 18.1 Å². The van der Waals surface area contributed by atoms with E-state index >= 15 is 0 Å². The zero-order valence-corrected chi connectivity index (χ0v) is 16.3. The van der Waals surface area contributed by atoms with E-state index in [-0.39, 0.29) is 5.91 Å². The summed E-state index contributed by atoms with van der Waals surface area (Å²) in [6.45, 7) is 2.56. The molecule has 0 fully saturated rings. The molecule has 4 aromatic carbocycles. The van der Waals surface area contributed by atoms with Gasteiger partial charge in [0, 0.05) is 5.39 Å². The van der Waals surface area contributed by atoms with Crippen LogP contribution in [0.3, 0.4) is 0 Å². The normalized spacial score (nSPS) is 11.9.